The molecule has 2 amide bonds. The van der Waals surface area contributed by atoms with Crippen molar-refractivity contribution < 1.29 is 9.59 Å². The fourth-order valence-electron chi connectivity index (χ4n) is 2.98. The maximum Gasteiger partial charge on any atom is 0.261 e. The average Bonchev–Trinajstić information content (AvgIpc) is 2.80. The van der Waals surface area contributed by atoms with Crippen LogP contribution in [0.1, 0.15) is 37.4 Å². The molecule has 0 fully saturated rings. The number of amides is 2. The summed E-state index contributed by atoms with van der Waals surface area (Å²) in [6, 6.07) is 14.1. The van der Waals surface area contributed by atoms with E-state index in [1.165, 1.54) is 4.90 Å². The number of hydrogen-bond donors (Lipinski definition) is 1. The molecule has 2 aromatic carbocycles. The number of nitrogens with zero attached hydrogens (tertiary/aromatic N) is 2. The largest absolute Gasteiger partial charge is 0.326 e. The first-order chi connectivity index (χ1) is 11.5. The number of carbonyl (C=O) groups is 2. The van der Waals surface area contributed by atoms with Crippen LogP contribution in [0.2, 0.25) is 0 Å². The maximum atomic E-state index is 12.3. The predicted molar refractivity (Wildman–Crippen MR) is 96.6 cm³/mol. The highest BCUT2D eigenvalue weighted by Gasteiger charge is 2.35. The van der Waals surface area contributed by atoms with Crippen molar-refractivity contribution in [3.05, 3.63) is 70.3 Å². The summed E-state index contributed by atoms with van der Waals surface area (Å²) in [6.45, 7) is 2.04. The van der Waals surface area contributed by atoms with Crippen molar-refractivity contribution in [1.29, 1.82) is 5.26 Å². The van der Waals surface area contributed by atoms with E-state index in [-0.39, 0.29) is 36.8 Å². The van der Waals surface area contributed by atoms with Gasteiger partial charge in [0.15, 0.2) is 0 Å². The van der Waals surface area contributed by atoms with E-state index in [4.69, 9.17) is 11.0 Å². The minimum absolute atomic E-state index is 0. The van der Waals surface area contributed by atoms with Crippen LogP contribution in [0.25, 0.3) is 0 Å². The number of benzene rings is 2. The molecule has 2 aromatic rings. The second-order valence-electron chi connectivity index (χ2n) is 5.99. The Morgan fingerprint density at radius 1 is 1.12 bits per heavy atom. The smallest absolute Gasteiger partial charge is 0.261 e. The first-order valence-electron chi connectivity index (χ1n) is 7.71. The molecule has 0 spiro atoms. The molecule has 5 nitrogen and oxygen atoms in total. The zero-order valence-electron chi connectivity index (χ0n) is 13.7. The minimum atomic E-state index is -0.362. The van der Waals surface area contributed by atoms with E-state index < -0.39 is 0 Å². The Labute approximate surface area is 152 Å². The van der Waals surface area contributed by atoms with Gasteiger partial charge in [-0.05, 0) is 42.7 Å². The molecule has 1 aliphatic rings. The van der Waals surface area contributed by atoms with Crippen molar-refractivity contribution >= 4 is 24.2 Å². The lowest BCUT2D eigenvalue weighted by atomic mass is 10.0. The van der Waals surface area contributed by atoms with Gasteiger partial charge in [0.25, 0.3) is 11.8 Å². The summed E-state index contributed by atoms with van der Waals surface area (Å²) in [5, 5.41) is 8.97. The molecule has 2 N–H and O–H groups in total. The van der Waals surface area contributed by atoms with Crippen LogP contribution in [-0.2, 0) is 6.42 Å². The molecular weight excluding hydrogens is 338 g/mol. The minimum Gasteiger partial charge on any atom is -0.326 e. The summed E-state index contributed by atoms with van der Waals surface area (Å²) in [7, 11) is 0. The normalized spacial score (nSPS) is 13.9. The van der Waals surface area contributed by atoms with Crippen LogP contribution in [0.5, 0.6) is 0 Å². The fraction of sp³-hybridized carbons (Fsp3) is 0.211. The molecular formula is C19H18ClN3O2. The van der Waals surface area contributed by atoms with Gasteiger partial charge in [-0.1, -0.05) is 24.3 Å². The van der Waals surface area contributed by atoms with Crippen LogP contribution in [0.15, 0.2) is 42.5 Å². The van der Waals surface area contributed by atoms with Crippen molar-refractivity contribution in [2.75, 3.05) is 6.54 Å². The van der Waals surface area contributed by atoms with Crippen LogP contribution < -0.4 is 5.73 Å². The van der Waals surface area contributed by atoms with E-state index in [0.29, 0.717) is 23.1 Å². The average molecular weight is 356 g/mol. The Bertz CT molecular complexity index is 838. The molecule has 1 unspecified atom stereocenters. The summed E-state index contributed by atoms with van der Waals surface area (Å²) >= 11 is 0. The topological polar surface area (TPSA) is 87.2 Å². The lowest BCUT2D eigenvalue weighted by Gasteiger charge is -2.19. The third-order valence-electron chi connectivity index (χ3n) is 4.20. The Balaban J connectivity index is 0.00000225. The molecule has 3 rings (SSSR count). The molecule has 128 valence electrons. The standard InChI is InChI=1S/C19H17N3O2.ClH/c1-12-8-13(6-7-14(12)10-20)9-15(21)11-22-18(23)16-4-2-3-5-17(16)19(22)24;/h2-8,15H,9,11,21H2,1H3;1H. The summed E-state index contributed by atoms with van der Waals surface area (Å²) < 4.78 is 0. The summed E-state index contributed by atoms with van der Waals surface area (Å²) in [6.07, 6.45) is 0.528. The van der Waals surface area contributed by atoms with Gasteiger partial charge in [0.1, 0.15) is 0 Å². The number of hydrogen-bond acceptors (Lipinski definition) is 4. The summed E-state index contributed by atoms with van der Waals surface area (Å²) in [5.74, 6) is -0.580. The Hall–Kier alpha value is -2.68. The van der Waals surface area contributed by atoms with E-state index in [0.717, 1.165) is 11.1 Å². The van der Waals surface area contributed by atoms with Crippen LogP contribution >= 0.6 is 12.4 Å². The number of nitrogens with two attached hydrogens (primary N) is 1. The van der Waals surface area contributed by atoms with Crippen molar-refractivity contribution in [3.63, 3.8) is 0 Å². The third-order valence-corrected chi connectivity index (χ3v) is 4.20. The van der Waals surface area contributed by atoms with E-state index in [1.54, 1.807) is 30.3 Å². The Morgan fingerprint density at radius 2 is 1.72 bits per heavy atom. The third kappa shape index (κ3) is 3.55. The zero-order chi connectivity index (χ0) is 17.3. The maximum absolute atomic E-state index is 12.3. The van der Waals surface area contributed by atoms with Crippen LogP contribution in [0.3, 0.4) is 0 Å². The quantitative estimate of drug-likeness (QED) is 0.853. The summed E-state index contributed by atoms with van der Waals surface area (Å²) in [5.41, 5.74) is 9.53. The van der Waals surface area contributed by atoms with Gasteiger partial charge in [-0.15, -0.1) is 12.4 Å². The zero-order valence-corrected chi connectivity index (χ0v) is 14.5. The summed E-state index contributed by atoms with van der Waals surface area (Å²) in [4.78, 5) is 25.9. The second-order valence-corrected chi connectivity index (χ2v) is 5.99. The lowest BCUT2D eigenvalue weighted by Crippen LogP contribution is -2.41. The van der Waals surface area contributed by atoms with Crippen LogP contribution in [0.4, 0.5) is 0 Å². The molecule has 1 aliphatic heterocycles. The van der Waals surface area contributed by atoms with Crippen molar-refractivity contribution in [2.45, 2.75) is 19.4 Å². The monoisotopic (exact) mass is 355 g/mol. The van der Waals surface area contributed by atoms with E-state index >= 15 is 0 Å². The van der Waals surface area contributed by atoms with Crippen LogP contribution in [0, 0.1) is 18.3 Å². The van der Waals surface area contributed by atoms with Gasteiger partial charge in [-0.2, -0.15) is 5.26 Å². The predicted octanol–water partition coefficient (Wildman–Crippen LogP) is 2.45. The number of rotatable bonds is 4. The highest BCUT2D eigenvalue weighted by Crippen LogP contribution is 2.22. The molecule has 0 saturated heterocycles. The molecule has 0 radical (unpaired) electrons. The van der Waals surface area contributed by atoms with Gasteiger partial charge >= 0.3 is 0 Å². The number of imide groups is 1. The number of aryl methyl sites for hydroxylation is 1. The molecule has 0 saturated carbocycles. The van der Waals surface area contributed by atoms with Crippen molar-refractivity contribution in [3.8, 4) is 6.07 Å². The van der Waals surface area contributed by atoms with Gasteiger partial charge in [-0.25, -0.2) is 0 Å². The molecule has 0 bridgehead atoms. The molecule has 0 aromatic heterocycles. The first-order valence-corrected chi connectivity index (χ1v) is 7.71. The number of halogens is 1. The van der Waals surface area contributed by atoms with Crippen LogP contribution in [-0.4, -0.2) is 29.3 Å². The van der Waals surface area contributed by atoms with Gasteiger partial charge in [-0.3, -0.25) is 14.5 Å². The van der Waals surface area contributed by atoms with Gasteiger partial charge in [0.2, 0.25) is 0 Å². The van der Waals surface area contributed by atoms with Gasteiger partial charge in [0.05, 0.1) is 22.8 Å². The molecule has 0 aliphatic carbocycles. The van der Waals surface area contributed by atoms with E-state index in [2.05, 4.69) is 6.07 Å². The highest BCUT2D eigenvalue weighted by atomic mass is 35.5. The molecule has 1 atom stereocenters. The van der Waals surface area contributed by atoms with Crippen molar-refractivity contribution in [2.24, 2.45) is 5.73 Å². The second kappa shape index (κ2) is 7.47. The van der Waals surface area contributed by atoms with E-state index in [1.807, 2.05) is 19.1 Å². The molecule has 25 heavy (non-hydrogen) atoms. The number of fused-ring (bicyclic) bond motifs is 1. The SMILES string of the molecule is Cc1cc(CC(N)CN2C(=O)c3ccccc3C2=O)ccc1C#N.Cl. The van der Waals surface area contributed by atoms with Gasteiger partial charge in [0, 0.05) is 12.6 Å². The fourth-order valence-corrected chi connectivity index (χ4v) is 2.98. The Morgan fingerprint density at radius 3 is 2.24 bits per heavy atom. The number of carbonyl (C=O) groups excluding carboxylic acids is 2. The van der Waals surface area contributed by atoms with E-state index in [9.17, 15) is 9.59 Å². The first kappa shape index (κ1) is 18.7. The van der Waals surface area contributed by atoms with Crippen molar-refractivity contribution in [1.82, 2.24) is 4.90 Å². The van der Waals surface area contributed by atoms with Gasteiger partial charge < -0.3 is 5.73 Å². The Kier molecular flexibility index (Phi) is 5.58. The highest BCUT2D eigenvalue weighted by molar-refractivity contribution is 6.21. The number of nitriles is 1. The molecule has 1 heterocycles. The lowest BCUT2D eigenvalue weighted by molar-refractivity contribution is 0.0644. The molecule has 6 heteroatoms.